The zero-order chi connectivity index (χ0) is 13.7. The fraction of sp³-hybridized carbons (Fsp3) is 0.417. The van der Waals surface area contributed by atoms with E-state index in [4.69, 9.17) is 5.73 Å². The molecule has 1 aromatic heterocycles. The lowest BCUT2D eigenvalue weighted by molar-refractivity contribution is -0.120. The highest BCUT2D eigenvalue weighted by Gasteiger charge is 2.22. The number of nitrogens with two attached hydrogens (primary N) is 1. The summed E-state index contributed by atoms with van der Waals surface area (Å²) in [4.78, 5) is 27.2. The molecule has 0 aliphatic carbocycles. The number of nitrogens with one attached hydrogen (secondary N) is 2. The molecule has 0 fully saturated rings. The first-order chi connectivity index (χ1) is 8.45. The highest BCUT2D eigenvalue weighted by atomic mass is 16.2. The molecular formula is C12H18N4O2. The lowest BCUT2D eigenvalue weighted by atomic mass is 10.0. The molecule has 18 heavy (non-hydrogen) atoms. The van der Waals surface area contributed by atoms with E-state index in [9.17, 15) is 9.59 Å². The zero-order valence-corrected chi connectivity index (χ0v) is 10.7. The van der Waals surface area contributed by atoms with E-state index in [1.165, 1.54) is 0 Å². The number of hydrogen-bond acceptors (Lipinski definition) is 4. The van der Waals surface area contributed by atoms with Crippen molar-refractivity contribution < 1.29 is 9.59 Å². The maximum absolute atomic E-state index is 11.9. The van der Waals surface area contributed by atoms with Crippen molar-refractivity contribution >= 4 is 17.6 Å². The fourth-order valence-electron chi connectivity index (χ4n) is 1.48. The van der Waals surface area contributed by atoms with Crippen molar-refractivity contribution in [2.45, 2.75) is 19.9 Å². The smallest absolute Gasteiger partial charge is 0.270 e. The zero-order valence-electron chi connectivity index (χ0n) is 10.7. The molecule has 0 saturated carbocycles. The fourth-order valence-corrected chi connectivity index (χ4v) is 1.48. The molecule has 1 heterocycles. The van der Waals surface area contributed by atoms with Gasteiger partial charge in [-0.1, -0.05) is 19.9 Å². The molecule has 1 aromatic rings. The number of nitrogens with zero attached hydrogens (tertiary/aromatic N) is 1. The summed E-state index contributed by atoms with van der Waals surface area (Å²) in [5, 5.41) is 5.42. The Labute approximate surface area is 106 Å². The molecular weight excluding hydrogens is 232 g/mol. The Morgan fingerprint density at radius 2 is 2.00 bits per heavy atom. The normalized spacial score (nSPS) is 12.0. The van der Waals surface area contributed by atoms with Crippen LogP contribution < -0.4 is 16.4 Å². The monoisotopic (exact) mass is 250 g/mol. The van der Waals surface area contributed by atoms with Crippen molar-refractivity contribution in [2.75, 3.05) is 12.4 Å². The maximum atomic E-state index is 11.9. The first-order valence-electron chi connectivity index (χ1n) is 5.70. The van der Waals surface area contributed by atoms with Crippen molar-refractivity contribution in [1.82, 2.24) is 10.3 Å². The van der Waals surface area contributed by atoms with E-state index in [0.29, 0.717) is 5.82 Å². The molecule has 0 aromatic carbocycles. The first-order valence-corrected chi connectivity index (χ1v) is 5.70. The number of carbonyl (C=O) groups is 2. The van der Waals surface area contributed by atoms with E-state index in [0.717, 1.165) is 0 Å². The standard InChI is InChI=1S/C12H18N4O2/c1-7(2)10(11(13)17)16-12(18)8-5-4-6-9(14-3)15-8/h4-7,10H,1-3H3,(H2,13,17)(H,14,15)(H,16,18). The van der Waals surface area contributed by atoms with Crippen LogP contribution in [0.5, 0.6) is 0 Å². The van der Waals surface area contributed by atoms with Gasteiger partial charge < -0.3 is 16.4 Å². The van der Waals surface area contributed by atoms with Gasteiger partial charge in [-0.05, 0) is 18.1 Å². The molecule has 0 aliphatic heterocycles. The van der Waals surface area contributed by atoms with Gasteiger partial charge in [0.2, 0.25) is 5.91 Å². The number of amides is 2. The number of rotatable bonds is 5. The molecule has 6 nitrogen and oxygen atoms in total. The Morgan fingerprint density at radius 3 is 2.50 bits per heavy atom. The summed E-state index contributed by atoms with van der Waals surface area (Å²) in [5.74, 6) is -0.450. The minimum absolute atomic E-state index is 0.0704. The van der Waals surface area contributed by atoms with Gasteiger partial charge in [0.1, 0.15) is 17.6 Å². The van der Waals surface area contributed by atoms with Gasteiger partial charge in [0.25, 0.3) is 5.91 Å². The van der Waals surface area contributed by atoms with Crippen LogP contribution in [0.25, 0.3) is 0 Å². The third kappa shape index (κ3) is 3.44. The van der Waals surface area contributed by atoms with Crippen LogP contribution in [0.1, 0.15) is 24.3 Å². The molecule has 1 atom stereocenters. The van der Waals surface area contributed by atoms with Gasteiger partial charge in [0.15, 0.2) is 0 Å². The van der Waals surface area contributed by atoms with Gasteiger partial charge in [-0.3, -0.25) is 9.59 Å². The van der Waals surface area contributed by atoms with Crippen LogP contribution in [0.3, 0.4) is 0 Å². The lowest BCUT2D eigenvalue weighted by Gasteiger charge is -2.18. The number of primary amides is 1. The average Bonchev–Trinajstić information content (AvgIpc) is 2.34. The van der Waals surface area contributed by atoms with Crippen LogP contribution in [0.4, 0.5) is 5.82 Å². The summed E-state index contributed by atoms with van der Waals surface area (Å²) in [6.07, 6.45) is 0. The van der Waals surface area contributed by atoms with Crippen LogP contribution in [-0.2, 0) is 4.79 Å². The van der Waals surface area contributed by atoms with Gasteiger partial charge in [0.05, 0.1) is 0 Å². The van der Waals surface area contributed by atoms with E-state index in [-0.39, 0.29) is 11.6 Å². The Kier molecular flexibility index (Phi) is 4.65. The molecule has 0 bridgehead atoms. The molecule has 0 aliphatic rings. The number of aromatic nitrogens is 1. The van der Waals surface area contributed by atoms with Crippen LogP contribution in [0.2, 0.25) is 0 Å². The molecule has 6 heteroatoms. The highest BCUT2D eigenvalue weighted by Crippen LogP contribution is 2.06. The summed E-state index contributed by atoms with van der Waals surface area (Å²) in [6, 6.07) is 4.33. The summed E-state index contributed by atoms with van der Waals surface area (Å²) >= 11 is 0. The van der Waals surface area contributed by atoms with E-state index >= 15 is 0 Å². The third-order valence-electron chi connectivity index (χ3n) is 2.50. The summed E-state index contributed by atoms with van der Waals surface area (Å²) < 4.78 is 0. The predicted octanol–water partition coefficient (Wildman–Crippen LogP) is 0.363. The topological polar surface area (TPSA) is 97.1 Å². The van der Waals surface area contributed by atoms with Crippen LogP contribution >= 0.6 is 0 Å². The summed E-state index contributed by atoms with van der Waals surface area (Å²) in [7, 11) is 1.71. The number of anilines is 1. The van der Waals surface area contributed by atoms with Gasteiger partial charge in [-0.15, -0.1) is 0 Å². The molecule has 0 radical (unpaired) electrons. The predicted molar refractivity (Wildman–Crippen MR) is 69.1 cm³/mol. The molecule has 98 valence electrons. The second-order valence-electron chi connectivity index (χ2n) is 4.26. The quantitative estimate of drug-likeness (QED) is 0.703. The number of carbonyl (C=O) groups excluding carboxylic acids is 2. The van der Waals surface area contributed by atoms with Crippen LogP contribution in [0.15, 0.2) is 18.2 Å². The number of hydrogen-bond donors (Lipinski definition) is 3. The summed E-state index contributed by atoms with van der Waals surface area (Å²) in [6.45, 7) is 3.63. The Morgan fingerprint density at radius 1 is 1.33 bits per heavy atom. The average molecular weight is 250 g/mol. The van der Waals surface area contributed by atoms with Crippen molar-refractivity contribution in [1.29, 1.82) is 0 Å². The van der Waals surface area contributed by atoms with E-state index in [1.807, 2.05) is 13.8 Å². The van der Waals surface area contributed by atoms with E-state index in [1.54, 1.807) is 25.2 Å². The second-order valence-corrected chi connectivity index (χ2v) is 4.26. The molecule has 2 amide bonds. The maximum Gasteiger partial charge on any atom is 0.270 e. The van der Waals surface area contributed by atoms with Gasteiger partial charge in [-0.25, -0.2) is 4.98 Å². The Bertz CT molecular complexity index is 445. The van der Waals surface area contributed by atoms with Crippen molar-refractivity contribution in [3.8, 4) is 0 Å². The molecule has 4 N–H and O–H groups in total. The molecule has 0 spiro atoms. The third-order valence-corrected chi connectivity index (χ3v) is 2.50. The molecule has 1 unspecified atom stereocenters. The Hall–Kier alpha value is -2.11. The van der Waals surface area contributed by atoms with Crippen molar-refractivity contribution in [3.63, 3.8) is 0 Å². The number of pyridine rings is 1. The van der Waals surface area contributed by atoms with Gasteiger partial charge in [-0.2, -0.15) is 0 Å². The lowest BCUT2D eigenvalue weighted by Crippen LogP contribution is -2.47. The minimum atomic E-state index is -0.697. The summed E-state index contributed by atoms with van der Waals surface area (Å²) in [5.41, 5.74) is 5.48. The van der Waals surface area contributed by atoms with Crippen molar-refractivity contribution in [3.05, 3.63) is 23.9 Å². The minimum Gasteiger partial charge on any atom is -0.373 e. The SMILES string of the molecule is CNc1cccc(C(=O)NC(C(N)=O)C(C)C)n1. The highest BCUT2D eigenvalue weighted by molar-refractivity contribution is 5.96. The molecule has 1 rings (SSSR count). The Balaban J connectivity index is 2.83. The van der Waals surface area contributed by atoms with Crippen LogP contribution in [-0.4, -0.2) is 29.9 Å². The second kappa shape index (κ2) is 6.00. The van der Waals surface area contributed by atoms with Crippen LogP contribution in [0, 0.1) is 5.92 Å². The van der Waals surface area contributed by atoms with E-state index in [2.05, 4.69) is 15.6 Å². The van der Waals surface area contributed by atoms with Gasteiger partial charge >= 0.3 is 0 Å². The van der Waals surface area contributed by atoms with Crippen molar-refractivity contribution in [2.24, 2.45) is 11.7 Å². The first kappa shape index (κ1) is 14.0. The largest absolute Gasteiger partial charge is 0.373 e. The van der Waals surface area contributed by atoms with E-state index < -0.39 is 17.9 Å². The molecule has 0 saturated heterocycles. The van der Waals surface area contributed by atoms with Gasteiger partial charge in [0, 0.05) is 7.05 Å².